The normalized spacial score (nSPS) is 13.7. The molecule has 0 radical (unpaired) electrons. The van der Waals surface area contributed by atoms with Crippen LogP contribution in [-0.4, -0.2) is 23.2 Å². The summed E-state index contributed by atoms with van der Waals surface area (Å²) in [4.78, 5) is 11.2. The molecular formula is C16H34N3NaO2. The summed E-state index contributed by atoms with van der Waals surface area (Å²) < 4.78 is 0. The van der Waals surface area contributed by atoms with Crippen LogP contribution >= 0.6 is 0 Å². The second-order valence-corrected chi connectivity index (χ2v) is 5.93. The summed E-state index contributed by atoms with van der Waals surface area (Å²) in [6.07, 6.45) is 12.4. The van der Waals surface area contributed by atoms with Gasteiger partial charge in [0, 0.05) is 6.54 Å². The van der Waals surface area contributed by atoms with Crippen LogP contribution < -0.4 is 46.2 Å². The van der Waals surface area contributed by atoms with Gasteiger partial charge in [0.1, 0.15) is 5.66 Å². The average molecular weight is 323 g/mol. The van der Waals surface area contributed by atoms with E-state index in [0.29, 0.717) is 13.0 Å². The number of hydrogen-bond acceptors (Lipinski definition) is 5. The minimum atomic E-state index is -1.53. The fraction of sp³-hybridized carbons (Fsp3) is 0.938. The molecule has 0 amide bonds. The van der Waals surface area contributed by atoms with Gasteiger partial charge in [0.25, 0.3) is 0 Å². The fourth-order valence-electron chi connectivity index (χ4n) is 2.53. The van der Waals surface area contributed by atoms with Crippen LogP contribution in [0, 0.1) is 0 Å². The number of likely N-dealkylation sites (N-methyl/N-ethyl adjacent to an activating group) is 1. The smallest absolute Gasteiger partial charge is 0.547 e. The van der Waals surface area contributed by atoms with Gasteiger partial charge in [-0.3, -0.25) is 5.84 Å². The van der Waals surface area contributed by atoms with E-state index in [1.54, 1.807) is 6.92 Å². The Morgan fingerprint density at radius 2 is 1.36 bits per heavy atom. The molecule has 0 bridgehead atoms. The molecule has 0 heterocycles. The van der Waals surface area contributed by atoms with Crippen LogP contribution in [0.4, 0.5) is 0 Å². The summed E-state index contributed by atoms with van der Waals surface area (Å²) in [6.45, 7) is 4.40. The van der Waals surface area contributed by atoms with E-state index in [1.807, 2.05) is 0 Å². The topological polar surface area (TPSA) is 95.4 Å². The number of aliphatic carboxylic acids is 1. The van der Waals surface area contributed by atoms with Gasteiger partial charge >= 0.3 is 29.6 Å². The maximum Gasteiger partial charge on any atom is 1.00 e. The third-order valence-electron chi connectivity index (χ3n) is 4.12. The van der Waals surface area contributed by atoms with Gasteiger partial charge in [-0.1, -0.05) is 71.6 Å². The van der Waals surface area contributed by atoms with Gasteiger partial charge in [0.2, 0.25) is 0 Å². The number of carbonyl (C=O) groups excluding carboxylic acids is 1. The van der Waals surface area contributed by atoms with Gasteiger partial charge in [-0.15, -0.1) is 0 Å². The van der Waals surface area contributed by atoms with Gasteiger partial charge in [-0.25, -0.2) is 5.01 Å². The largest absolute Gasteiger partial charge is 1.00 e. The number of carboxylic acids is 1. The number of hydrazine groups is 1. The van der Waals surface area contributed by atoms with Crippen molar-refractivity contribution in [3.05, 3.63) is 0 Å². The van der Waals surface area contributed by atoms with E-state index in [-0.39, 0.29) is 29.6 Å². The number of carbonyl (C=O) groups is 1. The van der Waals surface area contributed by atoms with E-state index in [9.17, 15) is 9.90 Å². The molecule has 0 spiro atoms. The summed E-state index contributed by atoms with van der Waals surface area (Å²) in [7, 11) is 0. The minimum absolute atomic E-state index is 0. The molecule has 1 atom stereocenters. The second-order valence-electron chi connectivity index (χ2n) is 5.93. The number of nitrogens with two attached hydrogens (primary N) is 2. The van der Waals surface area contributed by atoms with E-state index in [4.69, 9.17) is 11.6 Å². The maximum atomic E-state index is 11.2. The van der Waals surface area contributed by atoms with Gasteiger partial charge in [-0.05, 0) is 12.8 Å². The van der Waals surface area contributed by atoms with Gasteiger partial charge in [0.05, 0.1) is 5.97 Å². The summed E-state index contributed by atoms with van der Waals surface area (Å²) in [5, 5.41) is 12.3. The summed E-state index contributed by atoms with van der Waals surface area (Å²) in [5.74, 6) is 4.37. The molecule has 0 saturated carbocycles. The Kier molecular flexibility index (Phi) is 16.7. The van der Waals surface area contributed by atoms with E-state index in [2.05, 4.69) is 6.92 Å². The van der Waals surface area contributed by atoms with Crippen molar-refractivity contribution < 1.29 is 39.5 Å². The first-order valence-corrected chi connectivity index (χ1v) is 8.51. The number of rotatable bonds is 14. The third-order valence-corrected chi connectivity index (χ3v) is 4.12. The number of carboxylic acid groups (broad SMARTS) is 1. The first kappa shape index (κ1) is 24.6. The molecule has 6 heteroatoms. The minimum Gasteiger partial charge on any atom is -0.547 e. The van der Waals surface area contributed by atoms with E-state index < -0.39 is 11.6 Å². The molecule has 126 valence electrons. The van der Waals surface area contributed by atoms with Crippen molar-refractivity contribution in [3.8, 4) is 0 Å². The SMILES string of the molecule is CCCCCCCCCCCC[C@](N)(C(=O)[O-])N(N)CC.[Na+]. The standard InChI is InChI=1S/C16H35N3O2.Na/c1-3-5-6-7-8-9-10-11-12-13-14-16(17,15(20)21)19(18)4-2;/h3-14,17-18H2,1-2H3,(H,20,21);/q;+1/p-1/t16-;/m1./s1. The van der Waals surface area contributed by atoms with E-state index in [1.165, 1.54) is 44.9 Å². The zero-order valence-electron chi connectivity index (χ0n) is 14.9. The van der Waals surface area contributed by atoms with Gasteiger partial charge in [-0.2, -0.15) is 0 Å². The average Bonchev–Trinajstić information content (AvgIpc) is 2.47. The van der Waals surface area contributed by atoms with Crippen LogP contribution in [0.1, 0.15) is 84.5 Å². The first-order chi connectivity index (χ1) is 9.99. The van der Waals surface area contributed by atoms with Crippen LogP contribution in [0.5, 0.6) is 0 Å². The Balaban J connectivity index is 0. The number of hydrogen-bond donors (Lipinski definition) is 2. The predicted molar refractivity (Wildman–Crippen MR) is 85.0 cm³/mol. The first-order valence-electron chi connectivity index (χ1n) is 8.51. The van der Waals surface area contributed by atoms with Crippen LogP contribution in [-0.2, 0) is 4.79 Å². The molecule has 22 heavy (non-hydrogen) atoms. The molecule has 0 rings (SSSR count). The molecule has 5 nitrogen and oxygen atoms in total. The van der Waals surface area contributed by atoms with Crippen molar-refractivity contribution in [3.63, 3.8) is 0 Å². The van der Waals surface area contributed by atoms with Crippen molar-refractivity contribution in [2.24, 2.45) is 11.6 Å². The van der Waals surface area contributed by atoms with Crippen LogP contribution in [0.2, 0.25) is 0 Å². The van der Waals surface area contributed by atoms with Crippen LogP contribution in [0.15, 0.2) is 0 Å². The fourth-order valence-corrected chi connectivity index (χ4v) is 2.53. The molecule has 0 saturated heterocycles. The quantitative estimate of drug-likeness (QED) is 0.139. The summed E-state index contributed by atoms with van der Waals surface area (Å²) in [6, 6.07) is 0. The molecular weight excluding hydrogens is 289 g/mol. The van der Waals surface area contributed by atoms with Gasteiger partial charge < -0.3 is 15.6 Å². The third kappa shape index (κ3) is 10.2. The molecule has 4 N–H and O–H groups in total. The molecule has 0 unspecified atom stereocenters. The molecule has 0 aliphatic rings. The monoisotopic (exact) mass is 323 g/mol. The molecule has 0 fully saturated rings. The molecule has 0 aliphatic carbocycles. The van der Waals surface area contributed by atoms with Crippen molar-refractivity contribution in [2.45, 2.75) is 90.1 Å². The molecule has 0 aromatic rings. The Morgan fingerprint density at radius 1 is 0.955 bits per heavy atom. The van der Waals surface area contributed by atoms with E-state index in [0.717, 1.165) is 24.3 Å². The van der Waals surface area contributed by atoms with Crippen molar-refractivity contribution in [1.82, 2.24) is 5.01 Å². The van der Waals surface area contributed by atoms with E-state index >= 15 is 0 Å². The second kappa shape index (κ2) is 14.9. The van der Waals surface area contributed by atoms with Crippen molar-refractivity contribution in [2.75, 3.05) is 6.54 Å². The molecule has 0 aromatic heterocycles. The predicted octanol–water partition coefficient (Wildman–Crippen LogP) is -1.10. The maximum absolute atomic E-state index is 11.2. The number of unbranched alkanes of at least 4 members (excludes halogenated alkanes) is 9. The Bertz CT molecular complexity index is 280. The Morgan fingerprint density at radius 3 is 1.73 bits per heavy atom. The van der Waals surface area contributed by atoms with Crippen LogP contribution in [0.25, 0.3) is 0 Å². The van der Waals surface area contributed by atoms with Crippen molar-refractivity contribution >= 4 is 5.97 Å². The zero-order chi connectivity index (χ0) is 16.1. The van der Waals surface area contributed by atoms with Crippen LogP contribution in [0.3, 0.4) is 0 Å². The molecule has 0 aliphatic heterocycles. The zero-order valence-corrected chi connectivity index (χ0v) is 16.9. The number of nitrogens with zero attached hydrogens (tertiary/aromatic N) is 1. The van der Waals surface area contributed by atoms with Gasteiger partial charge in [0.15, 0.2) is 0 Å². The Hall–Kier alpha value is 0.350. The molecule has 0 aromatic carbocycles. The summed E-state index contributed by atoms with van der Waals surface area (Å²) in [5.41, 5.74) is 4.31. The summed E-state index contributed by atoms with van der Waals surface area (Å²) >= 11 is 0. The van der Waals surface area contributed by atoms with Crippen molar-refractivity contribution in [1.29, 1.82) is 0 Å². The Labute approximate surface area is 158 Å².